The standard InChI is InChI=1S/C12H11ClN4S/c13-10-3-4-11(15-8-10)17-12(18)16-7-9-2-1-5-14-6-9/h1-6,8H,7H2,(H2,15,16,17,18). The van der Waals surface area contributed by atoms with E-state index >= 15 is 0 Å². The number of hydrogen-bond acceptors (Lipinski definition) is 3. The molecule has 18 heavy (non-hydrogen) atoms. The SMILES string of the molecule is S=C(NCc1cccnc1)Nc1ccc(Cl)cn1. The smallest absolute Gasteiger partial charge is 0.172 e. The molecule has 2 aromatic heterocycles. The second-order valence-electron chi connectivity index (χ2n) is 3.53. The maximum Gasteiger partial charge on any atom is 0.172 e. The van der Waals surface area contributed by atoms with E-state index in [0.29, 0.717) is 22.5 Å². The highest BCUT2D eigenvalue weighted by Crippen LogP contribution is 2.09. The Labute approximate surface area is 115 Å². The number of halogens is 1. The van der Waals surface area contributed by atoms with Crippen molar-refractivity contribution in [3.63, 3.8) is 0 Å². The molecule has 0 atom stereocenters. The number of pyridine rings is 2. The van der Waals surface area contributed by atoms with Gasteiger partial charge in [-0.15, -0.1) is 0 Å². The minimum atomic E-state index is 0.508. The molecule has 6 heteroatoms. The second-order valence-corrected chi connectivity index (χ2v) is 4.38. The highest BCUT2D eigenvalue weighted by Gasteiger charge is 1.99. The van der Waals surface area contributed by atoms with Crippen LogP contribution in [0.2, 0.25) is 5.02 Å². The van der Waals surface area contributed by atoms with Gasteiger partial charge in [-0.1, -0.05) is 17.7 Å². The molecular formula is C12H11ClN4S. The van der Waals surface area contributed by atoms with Crippen LogP contribution in [0.15, 0.2) is 42.9 Å². The van der Waals surface area contributed by atoms with Crippen LogP contribution in [-0.2, 0) is 6.54 Å². The zero-order valence-corrected chi connectivity index (χ0v) is 11.0. The Balaban J connectivity index is 1.84. The third-order valence-electron chi connectivity index (χ3n) is 2.14. The monoisotopic (exact) mass is 278 g/mol. The Morgan fingerprint density at radius 1 is 1.28 bits per heavy atom. The van der Waals surface area contributed by atoms with E-state index in [1.165, 1.54) is 0 Å². The fourth-order valence-electron chi connectivity index (χ4n) is 1.30. The van der Waals surface area contributed by atoms with E-state index in [1.807, 2.05) is 12.1 Å². The van der Waals surface area contributed by atoms with Gasteiger partial charge in [0, 0.05) is 25.1 Å². The van der Waals surface area contributed by atoms with Crippen LogP contribution in [0.25, 0.3) is 0 Å². The summed E-state index contributed by atoms with van der Waals surface area (Å²) < 4.78 is 0. The first-order chi connectivity index (χ1) is 8.74. The van der Waals surface area contributed by atoms with Crippen LogP contribution >= 0.6 is 23.8 Å². The van der Waals surface area contributed by atoms with E-state index in [0.717, 1.165) is 5.56 Å². The average Bonchev–Trinajstić information content (AvgIpc) is 2.40. The first-order valence-electron chi connectivity index (χ1n) is 5.29. The third kappa shape index (κ3) is 3.94. The van der Waals surface area contributed by atoms with Crippen LogP contribution in [0.3, 0.4) is 0 Å². The lowest BCUT2D eigenvalue weighted by Gasteiger charge is -2.09. The number of thiocarbonyl (C=S) groups is 1. The molecule has 0 bridgehead atoms. The maximum absolute atomic E-state index is 5.74. The van der Waals surface area contributed by atoms with Crippen molar-refractivity contribution in [3.05, 3.63) is 53.4 Å². The molecule has 0 spiro atoms. The summed E-state index contributed by atoms with van der Waals surface area (Å²) in [5.41, 5.74) is 1.06. The van der Waals surface area contributed by atoms with Gasteiger partial charge in [-0.2, -0.15) is 0 Å². The molecule has 2 rings (SSSR count). The largest absolute Gasteiger partial charge is 0.358 e. The average molecular weight is 279 g/mol. The molecule has 4 nitrogen and oxygen atoms in total. The molecule has 0 aliphatic rings. The molecule has 0 unspecified atom stereocenters. The van der Waals surface area contributed by atoms with E-state index in [2.05, 4.69) is 20.6 Å². The van der Waals surface area contributed by atoms with E-state index in [9.17, 15) is 0 Å². The normalized spacial score (nSPS) is 9.83. The summed E-state index contributed by atoms with van der Waals surface area (Å²) in [5, 5.41) is 7.14. The number of anilines is 1. The van der Waals surface area contributed by atoms with Crippen molar-refractivity contribution in [2.45, 2.75) is 6.54 Å². The maximum atomic E-state index is 5.74. The fraction of sp³-hybridized carbons (Fsp3) is 0.0833. The summed E-state index contributed by atoms with van der Waals surface area (Å²) in [7, 11) is 0. The molecule has 0 aliphatic carbocycles. The van der Waals surface area contributed by atoms with Crippen molar-refractivity contribution in [1.29, 1.82) is 0 Å². The van der Waals surface area contributed by atoms with Crippen molar-refractivity contribution in [2.24, 2.45) is 0 Å². The van der Waals surface area contributed by atoms with Gasteiger partial charge in [0.25, 0.3) is 0 Å². The van der Waals surface area contributed by atoms with Crippen LogP contribution in [0, 0.1) is 0 Å². The van der Waals surface area contributed by atoms with Crippen LogP contribution in [0.5, 0.6) is 0 Å². The van der Waals surface area contributed by atoms with Crippen molar-refractivity contribution in [2.75, 3.05) is 5.32 Å². The Morgan fingerprint density at radius 2 is 2.17 bits per heavy atom. The van der Waals surface area contributed by atoms with Gasteiger partial charge in [0.05, 0.1) is 5.02 Å². The van der Waals surface area contributed by atoms with Gasteiger partial charge in [-0.3, -0.25) is 4.98 Å². The minimum absolute atomic E-state index is 0.508. The number of rotatable bonds is 3. The molecule has 0 aliphatic heterocycles. The van der Waals surface area contributed by atoms with Crippen molar-refractivity contribution in [1.82, 2.24) is 15.3 Å². The van der Waals surface area contributed by atoms with Crippen LogP contribution < -0.4 is 10.6 Å². The molecule has 2 heterocycles. The zero-order valence-electron chi connectivity index (χ0n) is 9.43. The number of nitrogens with zero attached hydrogens (tertiary/aromatic N) is 2. The lowest BCUT2D eigenvalue weighted by atomic mass is 10.3. The van der Waals surface area contributed by atoms with Gasteiger partial charge in [0.2, 0.25) is 0 Å². The number of hydrogen-bond donors (Lipinski definition) is 2. The summed E-state index contributed by atoms with van der Waals surface area (Å²) in [4.78, 5) is 8.12. The molecule has 0 saturated heterocycles. The van der Waals surface area contributed by atoms with Crippen molar-refractivity contribution in [3.8, 4) is 0 Å². The highest BCUT2D eigenvalue weighted by molar-refractivity contribution is 7.80. The predicted octanol–water partition coefficient (Wildman–Crippen LogP) is 2.62. The zero-order chi connectivity index (χ0) is 12.8. The highest BCUT2D eigenvalue weighted by atomic mass is 35.5. The third-order valence-corrected chi connectivity index (χ3v) is 2.61. The summed E-state index contributed by atoms with van der Waals surface area (Å²) >= 11 is 10.9. The Morgan fingerprint density at radius 3 is 2.83 bits per heavy atom. The van der Waals surface area contributed by atoms with E-state index < -0.39 is 0 Å². The summed E-state index contributed by atoms with van der Waals surface area (Å²) in [6.45, 7) is 0.618. The van der Waals surface area contributed by atoms with Crippen LogP contribution in [-0.4, -0.2) is 15.1 Å². The van der Waals surface area contributed by atoms with Crippen molar-refractivity contribution < 1.29 is 0 Å². The van der Waals surface area contributed by atoms with Gasteiger partial charge in [-0.05, 0) is 36.0 Å². The van der Waals surface area contributed by atoms with Crippen LogP contribution in [0.4, 0.5) is 5.82 Å². The van der Waals surface area contributed by atoms with Gasteiger partial charge in [0.15, 0.2) is 5.11 Å². The van der Waals surface area contributed by atoms with Gasteiger partial charge < -0.3 is 10.6 Å². The number of nitrogens with one attached hydrogen (secondary N) is 2. The summed E-state index contributed by atoms with van der Waals surface area (Å²) in [6.07, 6.45) is 5.08. The predicted molar refractivity (Wildman–Crippen MR) is 76.5 cm³/mol. The van der Waals surface area contributed by atoms with Gasteiger partial charge in [-0.25, -0.2) is 4.98 Å². The molecule has 0 aromatic carbocycles. The van der Waals surface area contributed by atoms with E-state index in [-0.39, 0.29) is 0 Å². The molecule has 92 valence electrons. The lowest BCUT2D eigenvalue weighted by Crippen LogP contribution is -2.28. The van der Waals surface area contributed by atoms with Crippen LogP contribution in [0.1, 0.15) is 5.56 Å². The molecule has 0 amide bonds. The fourth-order valence-corrected chi connectivity index (χ4v) is 1.58. The van der Waals surface area contributed by atoms with Gasteiger partial charge in [0.1, 0.15) is 5.82 Å². The molecule has 0 radical (unpaired) electrons. The van der Waals surface area contributed by atoms with Gasteiger partial charge >= 0.3 is 0 Å². The van der Waals surface area contributed by atoms with E-state index in [4.69, 9.17) is 23.8 Å². The van der Waals surface area contributed by atoms with E-state index in [1.54, 1.807) is 30.7 Å². The second kappa shape index (κ2) is 6.28. The summed E-state index contributed by atoms with van der Waals surface area (Å²) in [5.74, 6) is 0.656. The topological polar surface area (TPSA) is 49.8 Å². The van der Waals surface area contributed by atoms with Crippen molar-refractivity contribution >= 4 is 34.7 Å². The first-order valence-corrected chi connectivity index (χ1v) is 6.08. The Bertz CT molecular complexity index is 515. The quantitative estimate of drug-likeness (QED) is 0.846. The minimum Gasteiger partial charge on any atom is -0.358 e. The molecule has 0 saturated carbocycles. The summed E-state index contributed by atoms with van der Waals surface area (Å²) in [6, 6.07) is 7.37. The lowest BCUT2D eigenvalue weighted by molar-refractivity contribution is 0.916. The first kappa shape index (κ1) is 12.7. The molecule has 2 N–H and O–H groups in total. The molecule has 0 fully saturated rings. The Kier molecular flexibility index (Phi) is 4.44. The Hall–Kier alpha value is -1.72. The molecular weight excluding hydrogens is 268 g/mol. The molecule has 2 aromatic rings. The number of aromatic nitrogens is 2.